The summed E-state index contributed by atoms with van der Waals surface area (Å²) in [6, 6.07) is 9.23. The molecule has 2 heteroatoms. The van der Waals surface area contributed by atoms with Gasteiger partial charge in [0.25, 0.3) is 0 Å². The highest BCUT2D eigenvalue weighted by Crippen LogP contribution is 2.07. The van der Waals surface area contributed by atoms with Crippen LogP contribution in [0.1, 0.15) is 36.0 Å². The summed E-state index contributed by atoms with van der Waals surface area (Å²) in [5.41, 5.74) is 0.757. The van der Waals surface area contributed by atoms with Gasteiger partial charge in [0.15, 0.2) is 5.78 Å². The van der Waals surface area contributed by atoms with Gasteiger partial charge in [-0.1, -0.05) is 36.8 Å². The standard InChI is InChI=1S/C12H15FO/c13-10-6-2-5-9-12(14)11-7-3-1-4-8-11/h1,3-4,7-8H,2,5-6,9-10H2. The highest BCUT2D eigenvalue weighted by atomic mass is 19.1. The van der Waals surface area contributed by atoms with E-state index in [0.717, 1.165) is 18.4 Å². The number of alkyl halides is 1. The minimum absolute atomic E-state index is 0.157. The van der Waals surface area contributed by atoms with E-state index in [4.69, 9.17) is 0 Å². The Balaban J connectivity index is 2.29. The monoisotopic (exact) mass is 194 g/mol. The molecule has 0 bridgehead atoms. The van der Waals surface area contributed by atoms with Gasteiger partial charge in [-0.05, 0) is 12.8 Å². The molecule has 1 aromatic carbocycles. The van der Waals surface area contributed by atoms with Crippen molar-refractivity contribution >= 4 is 5.78 Å². The summed E-state index contributed by atoms with van der Waals surface area (Å²) in [6.45, 7) is -0.278. The fourth-order valence-corrected chi connectivity index (χ4v) is 1.33. The SMILES string of the molecule is O=C(CCCCCF)c1ccccc1. The number of halogens is 1. The molecule has 0 aliphatic rings. The summed E-state index contributed by atoms with van der Waals surface area (Å²) < 4.78 is 11.8. The number of Topliss-reactive ketones (excluding diaryl/α,β-unsaturated/α-hetero) is 1. The Hall–Kier alpha value is -1.18. The van der Waals surface area contributed by atoms with E-state index in [1.807, 2.05) is 30.3 Å². The Morgan fingerprint density at radius 1 is 1.07 bits per heavy atom. The first-order valence-corrected chi connectivity index (χ1v) is 4.99. The van der Waals surface area contributed by atoms with Gasteiger partial charge >= 0.3 is 0 Å². The van der Waals surface area contributed by atoms with Gasteiger partial charge < -0.3 is 0 Å². The van der Waals surface area contributed by atoms with Crippen LogP contribution in [-0.4, -0.2) is 12.5 Å². The predicted molar refractivity (Wildman–Crippen MR) is 55.2 cm³/mol. The average molecular weight is 194 g/mol. The van der Waals surface area contributed by atoms with Crippen molar-refractivity contribution in [3.05, 3.63) is 35.9 Å². The number of hydrogen-bond acceptors (Lipinski definition) is 1. The van der Waals surface area contributed by atoms with Crippen LogP contribution >= 0.6 is 0 Å². The van der Waals surface area contributed by atoms with Gasteiger partial charge in [-0.25, -0.2) is 0 Å². The number of carbonyl (C=O) groups excluding carboxylic acids is 1. The first-order chi connectivity index (χ1) is 6.84. The third-order valence-electron chi connectivity index (χ3n) is 2.13. The van der Waals surface area contributed by atoms with Crippen molar-refractivity contribution < 1.29 is 9.18 Å². The second kappa shape index (κ2) is 6.30. The molecule has 1 aromatic rings. The lowest BCUT2D eigenvalue weighted by atomic mass is 10.1. The lowest BCUT2D eigenvalue weighted by Gasteiger charge is -1.99. The molecule has 0 N–H and O–H groups in total. The summed E-state index contributed by atoms with van der Waals surface area (Å²) in [7, 11) is 0. The fourth-order valence-electron chi connectivity index (χ4n) is 1.33. The molecule has 0 atom stereocenters. The van der Waals surface area contributed by atoms with Crippen LogP contribution in [0, 0.1) is 0 Å². The van der Waals surface area contributed by atoms with Crippen LogP contribution in [0.25, 0.3) is 0 Å². The molecule has 0 fully saturated rings. The van der Waals surface area contributed by atoms with E-state index in [1.165, 1.54) is 0 Å². The van der Waals surface area contributed by atoms with E-state index < -0.39 is 0 Å². The zero-order valence-corrected chi connectivity index (χ0v) is 8.21. The summed E-state index contributed by atoms with van der Waals surface area (Å²) in [4.78, 5) is 11.5. The van der Waals surface area contributed by atoms with Crippen LogP contribution in [-0.2, 0) is 0 Å². The summed E-state index contributed by atoms with van der Waals surface area (Å²) in [6.07, 6.45) is 2.69. The first-order valence-electron chi connectivity index (χ1n) is 4.99. The van der Waals surface area contributed by atoms with Crippen LogP contribution in [0.2, 0.25) is 0 Å². The molecule has 1 nitrogen and oxygen atoms in total. The Morgan fingerprint density at radius 3 is 2.43 bits per heavy atom. The summed E-state index contributed by atoms with van der Waals surface area (Å²) in [5.74, 6) is 0.157. The molecule has 1 rings (SSSR count). The number of ketones is 1. The number of hydrogen-bond donors (Lipinski definition) is 0. The number of benzene rings is 1. The van der Waals surface area contributed by atoms with Gasteiger partial charge in [0.05, 0.1) is 6.67 Å². The van der Waals surface area contributed by atoms with E-state index in [0.29, 0.717) is 12.8 Å². The number of unbranched alkanes of at least 4 members (excludes halogenated alkanes) is 2. The Kier molecular flexibility index (Phi) is 4.90. The minimum atomic E-state index is -0.278. The maximum Gasteiger partial charge on any atom is 0.162 e. The molecule has 0 saturated heterocycles. The van der Waals surface area contributed by atoms with Crippen molar-refractivity contribution in [1.82, 2.24) is 0 Å². The Bertz CT molecular complexity index is 269. The number of rotatable bonds is 6. The van der Waals surface area contributed by atoms with Crippen molar-refractivity contribution in [2.45, 2.75) is 25.7 Å². The third-order valence-corrected chi connectivity index (χ3v) is 2.13. The zero-order valence-electron chi connectivity index (χ0n) is 8.21. The Morgan fingerprint density at radius 2 is 1.79 bits per heavy atom. The molecule has 0 saturated carbocycles. The van der Waals surface area contributed by atoms with E-state index in [2.05, 4.69) is 0 Å². The topological polar surface area (TPSA) is 17.1 Å². The zero-order chi connectivity index (χ0) is 10.2. The second-order valence-electron chi connectivity index (χ2n) is 3.29. The molecule has 0 heterocycles. The smallest absolute Gasteiger partial charge is 0.162 e. The van der Waals surface area contributed by atoms with E-state index in [9.17, 15) is 9.18 Å². The average Bonchev–Trinajstić information content (AvgIpc) is 2.25. The van der Waals surface area contributed by atoms with Crippen LogP contribution in [0.15, 0.2) is 30.3 Å². The number of carbonyl (C=O) groups is 1. The molecule has 76 valence electrons. The van der Waals surface area contributed by atoms with Crippen LogP contribution in [0.5, 0.6) is 0 Å². The summed E-state index contributed by atoms with van der Waals surface area (Å²) >= 11 is 0. The molecule has 0 spiro atoms. The maximum atomic E-state index is 11.8. The van der Waals surface area contributed by atoms with E-state index in [-0.39, 0.29) is 12.5 Å². The molecular formula is C12H15FO. The molecule has 0 aromatic heterocycles. The quantitative estimate of drug-likeness (QED) is 0.501. The largest absolute Gasteiger partial charge is 0.294 e. The van der Waals surface area contributed by atoms with Gasteiger partial charge in [-0.15, -0.1) is 0 Å². The molecule has 0 radical (unpaired) electrons. The lowest BCUT2D eigenvalue weighted by Crippen LogP contribution is -1.98. The predicted octanol–water partition coefficient (Wildman–Crippen LogP) is 3.40. The maximum absolute atomic E-state index is 11.8. The van der Waals surface area contributed by atoms with Crippen molar-refractivity contribution in [2.24, 2.45) is 0 Å². The van der Waals surface area contributed by atoms with Crippen molar-refractivity contribution in [1.29, 1.82) is 0 Å². The van der Waals surface area contributed by atoms with Crippen LogP contribution in [0.3, 0.4) is 0 Å². The molecule has 0 amide bonds. The van der Waals surface area contributed by atoms with E-state index in [1.54, 1.807) is 0 Å². The molecule has 0 unspecified atom stereocenters. The van der Waals surface area contributed by atoms with Crippen LogP contribution in [0.4, 0.5) is 4.39 Å². The van der Waals surface area contributed by atoms with Gasteiger partial charge in [0.1, 0.15) is 0 Å². The first kappa shape index (κ1) is 10.9. The highest BCUT2D eigenvalue weighted by molar-refractivity contribution is 5.95. The van der Waals surface area contributed by atoms with Crippen LogP contribution < -0.4 is 0 Å². The third kappa shape index (κ3) is 3.69. The minimum Gasteiger partial charge on any atom is -0.294 e. The highest BCUT2D eigenvalue weighted by Gasteiger charge is 2.03. The summed E-state index contributed by atoms with van der Waals surface area (Å²) in [5, 5.41) is 0. The molecular weight excluding hydrogens is 179 g/mol. The van der Waals surface area contributed by atoms with Gasteiger partial charge in [0, 0.05) is 12.0 Å². The fraction of sp³-hybridized carbons (Fsp3) is 0.417. The van der Waals surface area contributed by atoms with Crippen molar-refractivity contribution in [2.75, 3.05) is 6.67 Å². The Labute approximate surface area is 83.9 Å². The lowest BCUT2D eigenvalue weighted by molar-refractivity contribution is 0.0979. The normalized spacial score (nSPS) is 10.1. The van der Waals surface area contributed by atoms with Gasteiger partial charge in [-0.3, -0.25) is 9.18 Å². The second-order valence-corrected chi connectivity index (χ2v) is 3.29. The van der Waals surface area contributed by atoms with Gasteiger partial charge in [0.2, 0.25) is 0 Å². The molecule has 14 heavy (non-hydrogen) atoms. The van der Waals surface area contributed by atoms with E-state index >= 15 is 0 Å². The molecule has 0 aliphatic carbocycles. The van der Waals surface area contributed by atoms with Crippen molar-refractivity contribution in [3.8, 4) is 0 Å². The van der Waals surface area contributed by atoms with Crippen molar-refractivity contribution in [3.63, 3.8) is 0 Å². The van der Waals surface area contributed by atoms with Gasteiger partial charge in [-0.2, -0.15) is 0 Å². The molecule has 0 aliphatic heterocycles.